The van der Waals surface area contributed by atoms with Gasteiger partial charge in [-0.15, -0.1) is 0 Å². The molecule has 0 atom stereocenters. The van der Waals surface area contributed by atoms with Gasteiger partial charge in [0.15, 0.2) is 5.96 Å². The summed E-state index contributed by atoms with van der Waals surface area (Å²) in [6.45, 7) is 14.2. The number of aliphatic imine (C=N–C) groups is 1. The van der Waals surface area contributed by atoms with Crippen LogP contribution in [0.25, 0.3) is 0 Å². The minimum Gasteiger partial charge on any atom is -0.357 e. The van der Waals surface area contributed by atoms with Crippen LogP contribution in [0, 0.1) is 0 Å². The molecule has 0 amide bonds. The maximum atomic E-state index is 4.75. The summed E-state index contributed by atoms with van der Waals surface area (Å²) in [4.78, 5) is 9.80. The Hall–Kier alpha value is -1.07. The lowest BCUT2D eigenvalue weighted by atomic mass is 9.97. The van der Waals surface area contributed by atoms with E-state index in [4.69, 9.17) is 4.99 Å². The molecule has 1 aliphatic heterocycles. The van der Waals surface area contributed by atoms with Crippen LogP contribution in [0.15, 0.2) is 16.6 Å². The summed E-state index contributed by atoms with van der Waals surface area (Å²) in [5.41, 5.74) is 1.62. The van der Waals surface area contributed by atoms with E-state index < -0.39 is 0 Å². The molecule has 2 aliphatic rings. The molecular formula is C19H37N5. The highest BCUT2D eigenvalue weighted by Crippen LogP contribution is 2.19. The molecule has 0 bridgehead atoms. The normalized spacial score (nSPS) is 20.8. The number of piperazine rings is 1. The summed E-state index contributed by atoms with van der Waals surface area (Å²) >= 11 is 0. The molecule has 5 heteroatoms. The highest BCUT2D eigenvalue weighted by atomic mass is 15.3. The van der Waals surface area contributed by atoms with Crippen molar-refractivity contribution in [3.63, 3.8) is 0 Å². The number of nitrogens with zero attached hydrogens (tertiary/aromatic N) is 3. The summed E-state index contributed by atoms with van der Waals surface area (Å²) in [5.74, 6) is 0.973. The van der Waals surface area contributed by atoms with Crippen LogP contribution in [0.4, 0.5) is 0 Å². The molecule has 0 aromatic rings. The average molecular weight is 336 g/mol. The molecule has 138 valence electrons. The minimum atomic E-state index is 0.879. The van der Waals surface area contributed by atoms with Crippen molar-refractivity contribution in [3.05, 3.63) is 11.6 Å². The lowest BCUT2D eigenvalue weighted by Gasteiger charge is -2.33. The Morgan fingerprint density at radius 2 is 1.88 bits per heavy atom. The second kappa shape index (κ2) is 11.5. The molecule has 0 radical (unpaired) electrons. The molecule has 1 saturated heterocycles. The maximum absolute atomic E-state index is 4.75. The number of rotatable bonds is 8. The van der Waals surface area contributed by atoms with Gasteiger partial charge in [0.05, 0.1) is 6.54 Å². The molecule has 24 heavy (non-hydrogen) atoms. The average Bonchev–Trinajstić information content (AvgIpc) is 2.63. The molecule has 0 aromatic heterocycles. The molecule has 1 fully saturated rings. The highest BCUT2D eigenvalue weighted by molar-refractivity contribution is 5.79. The van der Waals surface area contributed by atoms with E-state index in [1.54, 1.807) is 5.57 Å². The molecule has 0 saturated carbocycles. The lowest BCUT2D eigenvalue weighted by molar-refractivity contribution is 0.140. The fraction of sp³-hybridized carbons (Fsp3) is 0.842. The zero-order valence-corrected chi connectivity index (χ0v) is 15.8. The topological polar surface area (TPSA) is 42.9 Å². The Kier molecular flexibility index (Phi) is 9.21. The molecule has 0 spiro atoms. The van der Waals surface area contributed by atoms with Gasteiger partial charge in [-0.1, -0.05) is 18.6 Å². The first-order chi connectivity index (χ1) is 11.8. The van der Waals surface area contributed by atoms with E-state index in [2.05, 4.69) is 40.4 Å². The van der Waals surface area contributed by atoms with Gasteiger partial charge in [0.1, 0.15) is 0 Å². The van der Waals surface area contributed by atoms with Crippen LogP contribution in [0.2, 0.25) is 0 Å². The maximum Gasteiger partial charge on any atom is 0.191 e. The van der Waals surface area contributed by atoms with Gasteiger partial charge in [-0.25, -0.2) is 0 Å². The zero-order chi connectivity index (χ0) is 17.0. The van der Waals surface area contributed by atoms with Crippen molar-refractivity contribution < 1.29 is 0 Å². The number of hydrogen-bond acceptors (Lipinski definition) is 3. The first-order valence-corrected chi connectivity index (χ1v) is 9.96. The fourth-order valence-electron chi connectivity index (χ4n) is 3.45. The van der Waals surface area contributed by atoms with Crippen molar-refractivity contribution in [1.29, 1.82) is 0 Å². The number of nitrogens with one attached hydrogen (secondary N) is 2. The first-order valence-electron chi connectivity index (χ1n) is 9.96. The third kappa shape index (κ3) is 7.22. The van der Waals surface area contributed by atoms with Crippen molar-refractivity contribution in [2.24, 2.45) is 4.99 Å². The van der Waals surface area contributed by atoms with Crippen LogP contribution < -0.4 is 10.6 Å². The van der Waals surface area contributed by atoms with Crippen LogP contribution in [0.1, 0.15) is 46.0 Å². The molecule has 0 aromatic carbocycles. The van der Waals surface area contributed by atoms with Gasteiger partial charge in [-0.3, -0.25) is 9.89 Å². The Morgan fingerprint density at radius 3 is 2.54 bits per heavy atom. The van der Waals surface area contributed by atoms with Gasteiger partial charge >= 0.3 is 0 Å². The summed E-state index contributed by atoms with van der Waals surface area (Å²) in [6.07, 6.45) is 8.89. The quantitative estimate of drug-likeness (QED) is 0.405. The van der Waals surface area contributed by atoms with E-state index in [9.17, 15) is 0 Å². The second-order valence-corrected chi connectivity index (χ2v) is 6.82. The predicted molar refractivity (Wildman–Crippen MR) is 104 cm³/mol. The largest absolute Gasteiger partial charge is 0.357 e. The van der Waals surface area contributed by atoms with Crippen molar-refractivity contribution in [1.82, 2.24) is 20.4 Å². The minimum absolute atomic E-state index is 0.879. The summed E-state index contributed by atoms with van der Waals surface area (Å²) in [7, 11) is 0. The number of guanidine groups is 1. The summed E-state index contributed by atoms with van der Waals surface area (Å²) < 4.78 is 0. The van der Waals surface area contributed by atoms with Crippen LogP contribution >= 0.6 is 0 Å². The first kappa shape index (κ1) is 19.3. The van der Waals surface area contributed by atoms with Gasteiger partial charge < -0.3 is 15.5 Å². The van der Waals surface area contributed by atoms with Gasteiger partial charge in [0.25, 0.3) is 0 Å². The third-order valence-corrected chi connectivity index (χ3v) is 5.07. The van der Waals surface area contributed by atoms with E-state index in [0.29, 0.717) is 0 Å². The standard InChI is InChI=1S/C19H37N5/c1-3-20-19(21-11-10-18-8-6-5-7-9-18)22-12-13-24-16-14-23(4-2)15-17-24/h8H,3-7,9-17H2,1-2H3,(H2,20,21,22). The van der Waals surface area contributed by atoms with E-state index in [-0.39, 0.29) is 0 Å². The molecule has 0 unspecified atom stereocenters. The van der Waals surface area contributed by atoms with Crippen molar-refractivity contribution in [3.8, 4) is 0 Å². The second-order valence-electron chi connectivity index (χ2n) is 6.82. The van der Waals surface area contributed by atoms with Crippen LogP contribution in [0.5, 0.6) is 0 Å². The Morgan fingerprint density at radius 1 is 1.08 bits per heavy atom. The van der Waals surface area contributed by atoms with E-state index in [1.165, 1.54) is 58.4 Å². The monoisotopic (exact) mass is 335 g/mol. The van der Waals surface area contributed by atoms with Crippen LogP contribution in [0.3, 0.4) is 0 Å². The lowest BCUT2D eigenvalue weighted by Crippen LogP contribution is -2.47. The summed E-state index contributed by atoms with van der Waals surface area (Å²) in [5, 5.41) is 6.86. The van der Waals surface area contributed by atoms with E-state index in [0.717, 1.165) is 38.6 Å². The van der Waals surface area contributed by atoms with Crippen molar-refractivity contribution in [2.45, 2.75) is 46.0 Å². The highest BCUT2D eigenvalue weighted by Gasteiger charge is 2.14. The van der Waals surface area contributed by atoms with Crippen molar-refractivity contribution >= 4 is 5.96 Å². The smallest absolute Gasteiger partial charge is 0.191 e. The van der Waals surface area contributed by atoms with Crippen LogP contribution in [-0.4, -0.2) is 74.7 Å². The van der Waals surface area contributed by atoms with Gasteiger partial charge in [0.2, 0.25) is 0 Å². The number of hydrogen-bond donors (Lipinski definition) is 2. The van der Waals surface area contributed by atoms with E-state index >= 15 is 0 Å². The molecule has 2 N–H and O–H groups in total. The zero-order valence-electron chi connectivity index (χ0n) is 15.8. The SMILES string of the molecule is CCNC(=NCCN1CCN(CC)CC1)NCCC1=CCCCC1. The third-order valence-electron chi connectivity index (χ3n) is 5.07. The molecule has 5 nitrogen and oxygen atoms in total. The molecular weight excluding hydrogens is 298 g/mol. The Bertz CT molecular complexity index is 397. The van der Waals surface area contributed by atoms with Gasteiger partial charge in [0, 0.05) is 45.8 Å². The van der Waals surface area contributed by atoms with E-state index in [1.807, 2.05) is 0 Å². The van der Waals surface area contributed by atoms with Gasteiger partial charge in [-0.05, 0) is 45.6 Å². The fourth-order valence-corrected chi connectivity index (χ4v) is 3.45. The Balaban J connectivity index is 1.65. The van der Waals surface area contributed by atoms with Crippen molar-refractivity contribution in [2.75, 3.05) is 58.9 Å². The summed E-state index contributed by atoms with van der Waals surface area (Å²) in [6, 6.07) is 0. The van der Waals surface area contributed by atoms with Crippen LogP contribution in [-0.2, 0) is 0 Å². The van der Waals surface area contributed by atoms with Gasteiger partial charge in [-0.2, -0.15) is 0 Å². The molecule has 2 rings (SSSR count). The molecule has 1 aliphatic carbocycles. The Labute approximate surface area is 148 Å². The molecule has 1 heterocycles. The number of likely N-dealkylation sites (N-methyl/N-ethyl adjacent to an activating group) is 1. The number of allylic oxidation sites excluding steroid dienone is 1. The predicted octanol–water partition coefficient (Wildman–Crippen LogP) is 2.07.